The molecular formula is C16H12BrNO. The first-order valence-electron chi connectivity index (χ1n) is 5.76. The first-order valence-corrected chi connectivity index (χ1v) is 6.88. The van der Waals surface area contributed by atoms with E-state index in [2.05, 4.69) is 27.2 Å². The van der Waals surface area contributed by atoms with Gasteiger partial charge in [-0.05, 0) is 35.9 Å². The maximum atomic E-state index is 12.0. The van der Waals surface area contributed by atoms with E-state index in [1.807, 2.05) is 30.3 Å². The molecule has 0 radical (unpaired) electrons. The van der Waals surface area contributed by atoms with Gasteiger partial charge in [-0.2, -0.15) is 0 Å². The van der Waals surface area contributed by atoms with Crippen LogP contribution in [0.5, 0.6) is 0 Å². The fourth-order valence-electron chi connectivity index (χ4n) is 1.64. The van der Waals surface area contributed by atoms with Crippen LogP contribution in [0.1, 0.15) is 21.5 Å². The maximum Gasteiger partial charge on any atom is 0.255 e. The van der Waals surface area contributed by atoms with Crippen LogP contribution in [-0.4, -0.2) is 5.91 Å². The van der Waals surface area contributed by atoms with E-state index in [-0.39, 0.29) is 5.91 Å². The van der Waals surface area contributed by atoms with Gasteiger partial charge in [0, 0.05) is 22.1 Å². The van der Waals surface area contributed by atoms with Gasteiger partial charge in [0.05, 0.1) is 0 Å². The summed E-state index contributed by atoms with van der Waals surface area (Å²) < 4.78 is 0. The van der Waals surface area contributed by atoms with Crippen LogP contribution in [0.15, 0.2) is 48.5 Å². The highest BCUT2D eigenvalue weighted by molar-refractivity contribution is 9.08. The molecule has 94 valence electrons. The number of anilines is 1. The lowest BCUT2D eigenvalue weighted by molar-refractivity contribution is 0.102. The fourth-order valence-corrected chi connectivity index (χ4v) is 2.01. The van der Waals surface area contributed by atoms with Gasteiger partial charge in [0.15, 0.2) is 0 Å². The molecule has 0 bridgehead atoms. The lowest BCUT2D eigenvalue weighted by atomic mass is 10.1. The number of halogens is 1. The van der Waals surface area contributed by atoms with Crippen molar-refractivity contribution < 1.29 is 4.79 Å². The van der Waals surface area contributed by atoms with Crippen LogP contribution in [0.2, 0.25) is 0 Å². The number of hydrogen-bond acceptors (Lipinski definition) is 1. The molecule has 0 aromatic heterocycles. The van der Waals surface area contributed by atoms with Crippen molar-refractivity contribution in [2.24, 2.45) is 0 Å². The fraction of sp³-hybridized carbons (Fsp3) is 0.0625. The van der Waals surface area contributed by atoms with Crippen LogP contribution in [0, 0.1) is 12.3 Å². The summed E-state index contributed by atoms with van der Waals surface area (Å²) in [7, 11) is 0. The molecule has 0 atom stereocenters. The van der Waals surface area contributed by atoms with Crippen LogP contribution in [-0.2, 0) is 5.33 Å². The van der Waals surface area contributed by atoms with Gasteiger partial charge in [-0.25, -0.2) is 0 Å². The number of terminal acetylenes is 1. The summed E-state index contributed by atoms with van der Waals surface area (Å²) in [6.45, 7) is 0. The zero-order valence-electron chi connectivity index (χ0n) is 10.2. The molecule has 3 heteroatoms. The Kier molecular flexibility index (Phi) is 4.38. The first-order chi connectivity index (χ1) is 9.22. The summed E-state index contributed by atoms with van der Waals surface area (Å²) in [5, 5.41) is 3.60. The Hall–Kier alpha value is -2.05. The highest BCUT2D eigenvalue weighted by atomic mass is 79.9. The quantitative estimate of drug-likeness (QED) is 0.677. The molecule has 1 amide bonds. The molecule has 1 N–H and O–H groups in total. The van der Waals surface area contributed by atoms with Gasteiger partial charge in [-0.1, -0.05) is 40.0 Å². The van der Waals surface area contributed by atoms with E-state index in [1.54, 1.807) is 18.2 Å². The van der Waals surface area contributed by atoms with Crippen molar-refractivity contribution in [1.29, 1.82) is 0 Å². The first kappa shape index (κ1) is 13.4. The second kappa shape index (κ2) is 6.21. The zero-order chi connectivity index (χ0) is 13.7. The Labute approximate surface area is 121 Å². The molecule has 0 aliphatic heterocycles. The molecule has 0 aliphatic rings. The van der Waals surface area contributed by atoms with Crippen molar-refractivity contribution >= 4 is 27.5 Å². The minimum atomic E-state index is -0.143. The number of benzene rings is 2. The van der Waals surface area contributed by atoms with Gasteiger partial charge in [0.25, 0.3) is 5.91 Å². The normalized spacial score (nSPS) is 9.68. The summed E-state index contributed by atoms with van der Waals surface area (Å²) in [5.41, 5.74) is 3.19. The highest BCUT2D eigenvalue weighted by Gasteiger charge is 2.05. The van der Waals surface area contributed by atoms with Gasteiger partial charge in [-0.3, -0.25) is 4.79 Å². The molecular weight excluding hydrogens is 302 g/mol. The van der Waals surface area contributed by atoms with Crippen molar-refractivity contribution in [1.82, 2.24) is 0 Å². The lowest BCUT2D eigenvalue weighted by Crippen LogP contribution is -2.11. The molecule has 2 nitrogen and oxygen atoms in total. The van der Waals surface area contributed by atoms with Gasteiger partial charge in [-0.15, -0.1) is 6.42 Å². The summed E-state index contributed by atoms with van der Waals surface area (Å²) in [5.74, 6) is 2.40. The average molecular weight is 314 g/mol. The van der Waals surface area contributed by atoms with Crippen LogP contribution in [0.4, 0.5) is 5.69 Å². The van der Waals surface area contributed by atoms with Gasteiger partial charge >= 0.3 is 0 Å². The molecule has 0 fully saturated rings. The van der Waals surface area contributed by atoms with Crippen molar-refractivity contribution in [2.75, 3.05) is 5.32 Å². The number of amides is 1. The standard InChI is InChI=1S/C16H12BrNO/c1-2-12-4-3-5-15(10-12)18-16(19)14-8-6-13(11-17)7-9-14/h1,3-10H,11H2,(H,18,19). The third-order valence-corrected chi connectivity index (χ3v) is 3.31. The van der Waals surface area contributed by atoms with Crippen LogP contribution in [0.3, 0.4) is 0 Å². The van der Waals surface area contributed by atoms with Gasteiger partial charge in [0.1, 0.15) is 0 Å². The third kappa shape index (κ3) is 3.46. The average Bonchev–Trinajstić information content (AvgIpc) is 2.47. The van der Waals surface area contributed by atoms with Gasteiger partial charge in [0.2, 0.25) is 0 Å². The molecule has 19 heavy (non-hydrogen) atoms. The third-order valence-electron chi connectivity index (χ3n) is 2.66. The van der Waals surface area contributed by atoms with E-state index in [0.29, 0.717) is 11.3 Å². The number of alkyl halides is 1. The Bertz CT molecular complexity index is 626. The summed E-state index contributed by atoms with van der Waals surface area (Å²) in [6.07, 6.45) is 5.33. The lowest BCUT2D eigenvalue weighted by Gasteiger charge is -2.06. The predicted octanol–water partition coefficient (Wildman–Crippen LogP) is 3.82. The molecule has 0 saturated carbocycles. The molecule has 0 unspecified atom stereocenters. The molecule has 0 heterocycles. The summed E-state index contributed by atoms with van der Waals surface area (Å²) in [4.78, 5) is 12.0. The van der Waals surface area contributed by atoms with E-state index < -0.39 is 0 Å². The SMILES string of the molecule is C#Cc1cccc(NC(=O)c2ccc(CBr)cc2)c1. The van der Waals surface area contributed by atoms with Crippen LogP contribution < -0.4 is 5.32 Å². The summed E-state index contributed by atoms with van der Waals surface area (Å²) >= 11 is 3.37. The largest absolute Gasteiger partial charge is 0.322 e. The van der Waals surface area contributed by atoms with Crippen molar-refractivity contribution in [2.45, 2.75) is 5.33 Å². The minimum absolute atomic E-state index is 0.143. The molecule has 0 spiro atoms. The zero-order valence-corrected chi connectivity index (χ0v) is 11.8. The smallest absolute Gasteiger partial charge is 0.255 e. The number of rotatable bonds is 3. The Morgan fingerprint density at radius 1 is 1.21 bits per heavy atom. The topological polar surface area (TPSA) is 29.1 Å². The minimum Gasteiger partial charge on any atom is -0.322 e. The molecule has 0 aliphatic carbocycles. The monoisotopic (exact) mass is 313 g/mol. The van der Waals surface area contributed by atoms with Gasteiger partial charge < -0.3 is 5.32 Å². The van der Waals surface area contributed by atoms with Crippen LogP contribution >= 0.6 is 15.9 Å². The van der Waals surface area contributed by atoms with E-state index in [1.165, 1.54) is 0 Å². The number of carbonyl (C=O) groups excluding carboxylic acids is 1. The van der Waals surface area contributed by atoms with Crippen molar-refractivity contribution in [3.8, 4) is 12.3 Å². The van der Waals surface area contributed by atoms with Crippen LogP contribution in [0.25, 0.3) is 0 Å². The molecule has 0 saturated heterocycles. The molecule has 2 aromatic carbocycles. The second-order valence-corrected chi connectivity index (χ2v) is 4.57. The van der Waals surface area contributed by atoms with E-state index in [4.69, 9.17) is 6.42 Å². The Morgan fingerprint density at radius 2 is 1.95 bits per heavy atom. The van der Waals surface area contributed by atoms with E-state index >= 15 is 0 Å². The van der Waals surface area contributed by atoms with Crippen molar-refractivity contribution in [3.05, 3.63) is 65.2 Å². The van der Waals surface area contributed by atoms with E-state index in [9.17, 15) is 4.79 Å². The second-order valence-electron chi connectivity index (χ2n) is 4.01. The molecule has 2 rings (SSSR count). The number of hydrogen-bond donors (Lipinski definition) is 1. The van der Waals surface area contributed by atoms with E-state index in [0.717, 1.165) is 16.5 Å². The van der Waals surface area contributed by atoms with Crippen molar-refractivity contribution in [3.63, 3.8) is 0 Å². The Balaban J connectivity index is 2.13. The molecule has 2 aromatic rings. The summed E-state index contributed by atoms with van der Waals surface area (Å²) in [6, 6.07) is 14.7. The maximum absolute atomic E-state index is 12.0. The predicted molar refractivity (Wildman–Crippen MR) is 81.4 cm³/mol. The Morgan fingerprint density at radius 3 is 2.58 bits per heavy atom. The highest BCUT2D eigenvalue weighted by Crippen LogP contribution is 2.13. The number of carbonyl (C=O) groups is 1. The number of nitrogens with one attached hydrogen (secondary N) is 1.